The van der Waals surface area contributed by atoms with Crippen LogP contribution in [0.2, 0.25) is 10.0 Å². The van der Waals surface area contributed by atoms with E-state index in [0.717, 1.165) is 5.56 Å². The number of amides is 2. The zero-order valence-corrected chi connectivity index (χ0v) is 17.7. The second kappa shape index (κ2) is 9.80. The van der Waals surface area contributed by atoms with Gasteiger partial charge < -0.3 is 15.4 Å². The third-order valence-electron chi connectivity index (χ3n) is 4.00. The highest BCUT2D eigenvalue weighted by Crippen LogP contribution is 2.27. The molecule has 0 saturated carbocycles. The van der Waals surface area contributed by atoms with E-state index in [-0.39, 0.29) is 23.8 Å². The first kappa shape index (κ1) is 22.1. The highest BCUT2D eigenvalue weighted by Gasteiger charge is 2.14. The number of carbonyl (C=O) groups is 2. The molecule has 2 rings (SSSR count). The van der Waals surface area contributed by atoms with Crippen molar-refractivity contribution < 1.29 is 14.3 Å². The van der Waals surface area contributed by atoms with Crippen LogP contribution in [0, 0.1) is 0 Å². The fourth-order valence-electron chi connectivity index (χ4n) is 2.39. The Bertz CT molecular complexity index is 831. The van der Waals surface area contributed by atoms with Gasteiger partial charge in [-0.15, -0.1) is 0 Å². The van der Waals surface area contributed by atoms with Crippen molar-refractivity contribution in [3.63, 3.8) is 0 Å². The summed E-state index contributed by atoms with van der Waals surface area (Å²) < 4.78 is 5.35. The Morgan fingerprint density at radius 1 is 0.964 bits per heavy atom. The van der Waals surface area contributed by atoms with Crippen LogP contribution in [-0.4, -0.2) is 31.5 Å². The Labute approximate surface area is 175 Å². The predicted molar refractivity (Wildman–Crippen MR) is 112 cm³/mol. The van der Waals surface area contributed by atoms with E-state index in [4.69, 9.17) is 27.9 Å². The number of rotatable bonds is 7. The first-order chi connectivity index (χ1) is 13.2. The lowest BCUT2D eigenvalue weighted by Crippen LogP contribution is -2.36. The summed E-state index contributed by atoms with van der Waals surface area (Å²) in [5, 5.41) is 6.27. The van der Waals surface area contributed by atoms with E-state index < -0.39 is 0 Å². The summed E-state index contributed by atoms with van der Waals surface area (Å²) in [6, 6.07) is 12.3. The Kier molecular flexibility index (Phi) is 7.72. The molecule has 150 valence electrons. The highest BCUT2D eigenvalue weighted by molar-refractivity contribution is 6.35. The molecule has 0 fully saturated rings. The van der Waals surface area contributed by atoms with Crippen molar-refractivity contribution in [3.05, 3.63) is 63.6 Å². The molecule has 2 aromatic rings. The molecule has 0 unspecified atom stereocenters. The molecule has 0 atom stereocenters. The van der Waals surface area contributed by atoms with Crippen molar-refractivity contribution in [3.8, 4) is 5.75 Å². The molecule has 0 spiro atoms. The molecule has 2 aromatic carbocycles. The van der Waals surface area contributed by atoms with Gasteiger partial charge in [0.1, 0.15) is 5.75 Å². The lowest BCUT2D eigenvalue weighted by molar-refractivity contribution is -0.123. The highest BCUT2D eigenvalue weighted by atomic mass is 35.5. The molecule has 7 heteroatoms. The zero-order valence-electron chi connectivity index (χ0n) is 16.1. The second-order valence-corrected chi connectivity index (χ2v) is 8.14. The van der Waals surface area contributed by atoms with Crippen LogP contribution in [0.15, 0.2) is 42.5 Å². The van der Waals surface area contributed by atoms with Crippen molar-refractivity contribution in [1.29, 1.82) is 0 Å². The van der Waals surface area contributed by atoms with Gasteiger partial charge in [0.15, 0.2) is 6.61 Å². The van der Waals surface area contributed by atoms with Crippen molar-refractivity contribution in [2.75, 3.05) is 19.7 Å². The normalized spacial score (nSPS) is 11.0. The van der Waals surface area contributed by atoms with E-state index in [2.05, 4.69) is 31.4 Å². The Hall–Kier alpha value is -2.24. The number of hydrogen-bond donors (Lipinski definition) is 2. The summed E-state index contributed by atoms with van der Waals surface area (Å²) in [7, 11) is 0. The SMILES string of the molecule is CC(C)(C)c1ccc(C(=O)NCCNC(=O)COc2ccc(Cl)cc2Cl)cc1. The van der Waals surface area contributed by atoms with E-state index >= 15 is 0 Å². The molecule has 0 aliphatic heterocycles. The van der Waals surface area contributed by atoms with Crippen LogP contribution in [0.4, 0.5) is 0 Å². The summed E-state index contributed by atoms with van der Waals surface area (Å²) in [6.45, 7) is 6.79. The van der Waals surface area contributed by atoms with Gasteiger partial charge in [-0.05, 0) is 41.3 Å². The van der Waals surface area contributed by atoms with Crippen LogP contribution >= 0.6 is 23.2 Å². The summed E-state index contributed by atoms with van der Waals surface area (Å²) in [5.74, 6) is -0.109. The molecular formula is C21H24Cl2N2O3. The number of ether oxygens (including phenoxy) is 1. The largest absolute Gasteiger partial charge is 0.482 e. The molecule has 2 amide bonds. The first-order valence-electron chi connectivity index (χ1n) is 8.90. The smallest absolute Gasteiger partial charge is 0.258 e. The van der Waals surface area contributed by atoms with Gasteiger partial charge >= 0.3 is 0 Å². The van der Waals surface area contributed by atoms with E-state index in [9.17, 15) is 9.59 Å². The summed E-state index contributed by atoms with van der Waals surface area (Å²) in [5.41, 5.74) is 1.79. The number of halogens is 2. The topological polar surface area (TPSA) is 67.4 Å². The minimum Gasteiger partial charge on any atom is -0.482 e. The van der Waals surface area contributed by atoms with Crippen LogP contribution < -0.4 is 15.4 Å². The van der Waals surface area contributed by atoms with Crippen LogP contribution in [0.3, 0.4) is 0 Å². The quantitative estimate of drug-likeness (QED) is 0.656. The van der Waals surface area contributed by atoms with Crippen molar-refractivity contribution in [2.45, 2.75) is 26.2 Å². The maximum atomic E-state index is 12.2. The van der Waals surface area contributed by atoms with Crippen molar-refractivity contribution in [1.82, 2.24) is 10.6 Å². The minimum absolute atomic E-state index is 0.0393. The molecule has 0 aliphatic rings. The number of nitrogens with one attached hydrogen (secondary N) is 2. The standard InChI is InChI=1S/C21H24Cl2N2O3/c1-21(2,3)15-6-4-14(5-7-15)20(27)25-11-10-24-19(26)13-28-18-9-8-16(22)12-17(18)23/h4-9,12H,10-11,13H2,1-3H3,(H,24,26)(H,25,27). The molecule has 0 aliphatic carbocycles. The van der Waals surface area contributed by atoms with Crippen LogP contribution in [0.5, 0.6) is 5.75 Å². The van der Waals surface area contributed by atoms with Gasteiger partial charge in [0.05, 0.1) is 5.02 Å². The molecule has 28 heavy (non-hydrogen) atoms. The Morgan fingerprint density at radius 2 is 1.61 bits per heavy atom. The maximum Gasteiger partial charge on any atom is 0.258 e. The number of benzene rings is 2. The maximum absolute atomic E-state index is 12.2. The van der Waals surface area contributed by atoms with Crippen LogP contribution in [0.1, 0.15) is 36.7 Å². The fraction of sp³-hybridized carbons (Fsp3) is 0.333. The van der Waals surface area contributed by atoms with Crippen molar-refractivity contribution in [2.24, 2.45) is 0 Å². The van der Waals surface area contributed by atoms with E-state index in [1.165, 1.54) is 0 Å². The first-order valence-corrected chi connectivity index (χ1v) is 9.66. The zero-order chi connectivity index (χ0) is 20.7. The molecule has 0 radical (unpaired) electrons. The van der Waals surface area contributed by atoms with E-state index in [1.54, 1.807) is 30.3 Å². The van der Waals surface area contributed by atoms with Gasteiger partial charge in [-0.1, -0.05) is 56.1 Å². The summed E-state index contributed by atoms with van der Waals surface area (Å²) in [6.07, 6.45) is 0. The average Bonchev–Trinajstić information content (AvgIpc) is 2.63. The Morgan fingerprint density at radius 3 is 2.21 bits per heavy atom. The number of carbonyl (C=O) groups excluding carboxylic acids is 2. The van der Waals surface area contributed by atoms with Crippen LogP contribution in [-0.2, 0) is 10.2 Å². The Balaban J connectivity index is 1.70. The van der Waals surface area contributed by atoms with Gasteiger partial charge in [-0.2, -0.15) is 0 Å². The third kappa shape index (κ3) is 6.73. The van der Waals surface area contributed by atoms with E-state index in [0.29, 0.717) is 34.4 Å². The molecular weight excluding hydrogens is 399 g/mol. The third-order valence-corrected chi connectivity index (χ3v) is 4.53. The molecule has 5 nitrogen and oxygen atoms in total. The fourth-order valence-corrected chi connectivity index (χ4v) is 2.85. The van der Waals surface area contributed by atoms with Crippen LogP contribution in [0.25, 0.3) is 0 Å². The molecule has 0 saturated heterocycles. The predicted octanol–water partition coefficient (Wildman–Crippen LogP) is 4.22. The van der Waals surface area contributed by atoms with Gasteiger partial charge in [0.25, 0.3) is 11.8 Å². The molecule has 2 N–H and O–H groups in total. The lowest BCUT2D eigenvalue weighted by Gasteiger charge is -2.19. The number of hydrogen-bond acceptors (Lipinski definition) is 3. The lowest BCUT2D eigenvalue weighted by atomic mass is 9.87. The molecule has 0 aromatic heterocycles. The van der Waals surface area contributed by atoms with Gasteiger partial charge in [-0.25, -0.2) is 0 Å². The second-order valence-electron chi connectivity index (χ2n) is 7.30. The molecule has 0 heterocycles. The average molecular weight is 423 g/mol. The minimum atomic E-state index is -0.310. The van der Waals surface area contributed by atoms with E-state index in [1.807, 2.05) is 12.1 Å². The molecule has 0 bridgehead atoms. The van der Waals surface area contributed by atoms with Gasteiger partial charge in [0, 0.05) is 23.7 Å². The summed E-state index contributed by atoms with van der Waals surface area (Å²) >= 11 is 11.8. The van der Waals surface area contributed by atoms with Gasteiger partial charge in [0.2, 0.25) is 0 Å². The van der Waals surface area contributed by atoms with Gasteiger partial charge in [-0.3, -0.25) is 9.59 Å². The monoisotopic (exact) mass is 422 g/mol. The van der Waals surface area contributed by atoms with Crippen molar-refractivity contribution >= 4 is 35.0 Å². The summed E-state index contributed by atoms with van der Waals surface area (Å²) in [4.78, 5) is 24.0.